The van der Waals surface area contributed by atoms with E-state index in [1.807, 2.05) is 0 Å². The zero-order valence-corrected chi connectivity index (χ0v) is 13.6. The Labute approximate surface area is 149 Å². The highest BCUT2D eigenvalue weighted by Crippen LogP contribution is 2.60. The van der Waals surface area contributed by atoms with E-state index in [9.17, 15) is 57.1 Å². The lowest BCUT2D eigenvalue weighted by atomic mass is 9.91. The van der Waals surface area contributed by atoms with Crippen molar-refractivity contribution in [3.8, 4) is 0 Å². The van der Waals surface area contributed by atoms with E-state index in [-0.39, 0.29) is 5.56 Å². The van der Waals surface area contributed by atoms with E-state index in [1.165, 1.54) is 12.1 Å². The Morgan fingerprint density at radius 2 is 0.964 bits per heavy atom. The third kappa shape index (κ3) is 3.76. The molecule has 0 unspecified atom stereocenters. The van der Waals surface area contributed by atoms with Gasteiger partial charge in [-0.1, -0.05) is 29.8 Å². The lowest BCUT2D eigenvalue weighted by Crippen LogP contribution is -2.70. The van der Waals surface area contributed by atoms with E-state index < -0.39 is 48.6 Å². The Kier molecular flexibility index (Phi) is 6.06. The fraction of sp³-hybridized carbons (Fsp3) is 0.600. The van der Waals surface area contributed by atoms with Crippen molar-refractivity contribution in [2.45, 2.75) is 55.6 Å². The molecule has 0 aliphatic carbocycles. The fourth-order valence-corrected chi connectivity index (χ4v) is 2.02. The average molecular weight is 438 g/mol. The molecule has 0 nitrogen and oxygen atoms in total. The van der Waals surface area contributed by atoms with Crippen LogP contribution < -0.4 is 0 Å². The maximum Gasteiger partial charge on any atom is 0.460 e. The van der Waals surface area contributed by atoms with Gasteiger partial charge in [-0.2, -0.15) is 57.1 Å². The quantitative estimate of drug-likeness (QED) is 0.418. The van der Waals surface area contributed by atoms with Crippen LogP contribution in [-0.4, -0.2) is 35.8 Å². The van der Waals surface area contributed by atoms with Crippen molar-refractivity contribution < 1.29 is 57.1 Å². The Morgan fingerprint density at radius 1 is 0.571 bits per heavy atom. The maximum absolute atomic E-state index is 13.6. The summed E-state index contributed by atoms with van der Waals surface area (Å²) in [5, 5.41) is 0. The van der Waals surface area contributed by atoms with E-state index in [0.29, 0.717) is 5.56 Å². The summed E-state index contributed by atoms with van der Waals surface area (Å²) in [7, 11) is 0. The first-order valence-corrected chi connectivity index (χ1v) is 7.24. The van der Waals surface area contributed by atoms with Crippen LogP contribution in [0.4, 0.5) is 57.1 Å². The topological polar surface area (TPSA) is 0 Å². The maximum atomic E-state index is 13.6. The second kappa shape index (κ2) is 6.97. The Bertz CT molecular complexity index is 670. The molecule has 0 saturated carbocycles. The van der Waals surface area contributed by atoms with E-state index in [0.717, 1.165) is 12.1 Å². The first kappa shape index (κ1) is 24.3. The van der Waals surface area contributed by atoms with Gasteiger partial charge in [0.25, 0.3) is 0 Å². The van der Waals surface area contributed by atoms with Crippen LogP contribution in [0, 0.1) is 6.92 Å². The number of hydrogen-bond acceptors (Lipinski definition) is 0. The highest BCUT2D eigenvalue weighted by atomic mass is 19.4. The summed E-state index contributed by atoms with van der Waals surface area (Å²) in [4.78, 5) is 0. The zero-order valence-electron chi connectivity index (χ0n) is 13.6. The Balaban J connectivity index is 3.23. The second-order valence-corrected chi connectivity index (χ2v) is 5.99. The van der Waals surface area contributed by atoms with Crippen LogP contribution in [0.5, 0.6) is 0 Å². The van der Waals surface area contributed by atoms with Gasteiger partial charge in [-0.05, 0) is 18.9 Å². The number of aryl methyl sites for hydroxylation is 2. The normalized spacial score (nSPS) is 15.1. The van der Waals surface area contributed by atoms with Crippen molar-refractivity contribution in [3.05, 3.63) is 35.4 Å². The first-order chi connectivity index (χ1) is 12.2. The van der Waals surface area contributed by atoms with Gasteiger partial charge in [-0.3, -0.25) is 0 Å². The smallest absolute Gasteiger partial charge is 0.200 e. The number of halogens is 13. The molecule has 0 radical (unpaired) electrons. The van der Waals surface area contributed by atoms with Crippen LogP contribution in [0.3, 0.4) is 0 Å². The van der Waals surface area contributed by atoms with Crippen LogP contribution >= 0.6 is 0 Å². The zero-order chi connectivity index (χ0) is 22.4. The molecule has 0 heterocycles. The summed E-state index contributed by atoms with van der Waals surface area (Å²) in [6, 6.07) is 4.87. The van der Waals surface area contributed by atoms with Crippen LogP contribution in [0.25, 0.3) is 0 Å². The van der Waals surface area contributed by atoms with Gasteiger partial charge >= 0.3 is 35.8 Å². The standard InChI is InChI=1S/C15H11F13/c1-8-2-4-9(5-3-8)6-7-10(16,17)11(18,19)12(20,21)13(22,23)14(24,25)15(26,27)28/h2-5H,6-7H2,1H3. The van der Waals surface area contributed by atoms with Crippen LogP contribution in [0.1, 0.15) is 17.5 Å². The van der Waals surface area contributed by atoms with E-state index in [1.54, 1.807) is 6.92 Å². The average Bonchev–Trinajstić information content (AvgIpc) is 2.52. The molecular weight excluding hydrogens is 427 g/mol. The fourth-order valence-electron chi connectivity index (χ4n) is 2.02. The van der Waals surface area contributed by atoms with Crippen molar-refractivity contribution >= 4 is 0 Å². The van der Waals surface area contributed by atoms with Crippen molar-refractivity contribution in [1.82, 2.24) is 0 Å². The largest absolute Gasteiger partial charge is 0.460 e. The molecule has 0 amide bonds. The van der Waals surface area contributed by atoms with E-state index in [2.05, 4.69) is 0 Å². The first-order valence-electron chi connectivity index (χ1n) is 7.24. The van der Waals surface area contributed by atoms with Gasteiger partial charge in [0.15, 0.2) is 0 Å². The second-order valence-electron chi connectivity index (χ2n) is 5.99. The molecule has 1 aromatic rings. The summed E-state index contributed by atoms with van der Waals surface area (Å²) in [6.45, 7) is 1.55. The van der Waals surface area contributed by atoms with Gasteiger partial charge in [-0.25, -0.2) is 0 Å². The Morgan fingerprint density at radius 3 is 1.36 bits per heavy atom. The summed E-state index contributed by atoms with van der Waals surface area (Å²) >= 11 is 0. The molecule has 0 aliphatic heterocycles. The molecule has 0 N–H and O–H groups in total. The molecule has 0 fully saturated rings. The summed E-state index contributed by atoms with van der Waals surface area (Å²) in [5.74, 6) is -36.5. The minimum absolute atomic E-state index is 0.114. The summed E-state index contributed by atoms with van der Waals surface area (Å²) in [6.07, 6.45) is -10.7. The van der Waals surface area contributed by atoms with E-state index in [4.69, 9.17) is 0 Å². The predicted molar refractivity (Wildman–Crippen MR) is 70.3 cm³/mol. The molecule has 0 aromatic heterocycles. The molecule has 13 heteroatoms. The third-order valence-corrected chi connectivity index (χ3v) is 3.85. The van der Waals surface area contributed by atoms with Crippen molar-refractivity contribution in [3.63, 3.8) is 0 Å². The molecule has 0 saturated heterocycles. The molecule has 0 spiro atoms. The molecule has 0 bridgehead atoms. The summed E-state index contributed by atoms with van der Waals surface area (Å²) in [5.41, 5.74) is 0.484. The van der Waals surface area contributed by atoms with Gasteiger partial charge in [0.05, 0.1) is 0 Å². The lowest BCUT2D eigenvalue weighted by Gasteiger charge is -2.39. The van der Waals surface area contributed by atoms with Gasteiger partial charge in [0.1, 0.15) is 0 Å². The highest BCUT2D eigenvalue weighted by Gasteiger charge is 2.90. The van der Waals surface area contributed by atoms with Crippen LogP contribution in [0.2, 0.25) is 0 Å². The van der Waals surface area contributed by atoms with Crippen molar-refractivity contribution in [2.75, 3.05) is 0 Å². The minimum Gasteiger partial charge on any atom is -0.200 e. The van der Waals surface area contributed by atoms with Crippen molar-refractivity contribution in [2.24, 2.45) is 0 Å². The number of rotatable bonds is 7. The highest BCUT2D eigenvalue weighted by molar-refractivity contribution is 5.22. The molecule has 0 aliphatic rings. The van der Waals surface area contributed by atoms with Gasteiger partial charge in [-0.15, -0.1) is 0 Å². The van der Waals surface area contributed by atoms with E-state index >= 15 is 0 Å². The minimum atomic E-state index is -7.85. The number of hydrogen-bond donors (Lipinski definition) is 0. The molecular formula is C15H11F13. The van der Waals surface area contributed by atoms with Crippen molar-refractivity contribution in [1.29, 1.82) is 0 Å². The van der Waals surface area contributed by atoms with Crippen LogP contribution in [0.15, 0.2) is 24.3 Å². The van der Waals surface area contributed by atoms with Gasteiger partial charge in [0.2, 0.25) is 0 Å². The SMILES string of the molecule is Cc1ccc(CCC(F)(F)C(F)(F)C(F)(F)C(F)(F)C(F)(F)C(F)(F)F)cc1. The monoisotopic (exact) mass is 438 g/mol. The summed E-state index contributed by atoms with van der Waals surface area (Å²) < 4.78 is 168. The lowest BCUT2D eigenvalue weighted by molar-refractivity contribution is -0.440. The molecule has 1 aromatic carbocycles. The number of alkyl halides is 13. The van der Waals surface area contributed by atoms with Gasteiger partial charge < -0.3 is 0 Å². The molecule has 0 atom stereocenters. The number of benzene rings is 1. The predicted octanol–water partition coefficient (Wildman–Crippen LogP) is 6.67. The molecule has 1 rings (SSSR count). The Hall–Kier alpha value is -1.69. The molecule has 162 valence electrons. The third-order valence-electron chi connectivity index (χ3n) is 3.85. The van der Waals surface area contributed by atoms with Crippen LogP contribution in [-0.2, 0) is 6.42 Å². The van der Waals surface area contributed by atoms with Gasteiger partial charge in [0, 0.05) is 6.42 Å². The molecule has 28 heavy (non-hydrogen) atoms.